The van der Waals surface area contributed by atoms with Gasteiger partial charge in [-0.15, -0.1) is 0 Å². The zero-order valence-electron chi connectivity index (χ0n) is 16.4. The van der Waals surface area contributed by atoms with E-state index in [0.717, 1.165) is 37.9 Å². The second kappa shape index (κ2) is 7.75. The van der Waals surface area contributed by atoms with Gasteiger partial charge in [-0.25, -0.2) is 12.8 Å². The molecule has 3 heterocycles. The molecule has 0 saturated carbocycles. The fourth-order valence-electron chi connectivity index (χ4n) is 5.52. The van der Waals surface area contributed by atoms with Crippen LogP contribution in [0.3, 0.4) is 0 Å². The van der Waals surface area contributed by atoms with Gasteiger partial charge in [-0.3, -0.25) is 4.79 Å². The molecule has 0 aromatic heterocycles. The van der Waals surface area contributed by atoms with Crippen LogP contribution in [0.1, 0.15) is 31.2 Å². The summed E-state index contributed by atoms with van der Waals surface area (Å²) in [5, 5.41) is 0. The van der Waals surface area contributed by atoms with E-state index >= 15 is 0 Å². The summed E-state index contributed by atoms with van der Waals surface area (Å²) in [4.78, 5) is 17.2. The van der Waals surface area contributed by atoms with Gasteiger partial charge in [-0.1, -0.05) is 12.1 Å². The van der Waals surface area contributed by atoms with Crippen molar-refractivity contribution in [3.05, 3.63) is 35.6 Å². The maximum Gasteiger partial charge on any atom is 0.223 e. The third kappa shape index (κ3) is 4.25. The summed E-state index contributed by atoms with van der Waals surface area (Å²) in [6.45, 7) is 2.23. The molecule has 2 bridgehead atoms. The van der Waals surface area contributed by atoms with Crippen molar-refractivity contribution in [1.29, 1.82) is 0 Å². The minimum Gasteiger partial charge on any atom is -0.336 e. The molecule has 0 radical (unpaired) electrons. The summed E-state index contributed by atoms with van der Waals surface area (Å²) in [6, 6.07) is 6.98. The standard InChI is InChI=1S/C21H29FN2O3S/c1-28(26,27)9-8-23-13-16-12-17(14-23)20(11-15-4-2-5-18(22)10-15)24-19(16)6-3-7-21(24)25/h2,4-5,10,16-17,19-20H,3,6-9,11-14H2,1H3/t16-,17+,19+,20+/m1/s1. The molecule has 5 nitrogen and oxygen atoms in total. The van der Waals surface area contributed by atoms with E-state index < -0.39 is 9.84 Å². The van der Waals surface area contributed by atoms with E-state index in [9.17, 15) is 17.6 Å². The van der Waals surface area contributed by atoms with Crippen molar-refractivity contribution in [2.45, 2.75) is 44.2 Å². The zero-order chi connectivity index (χ0) is 19.9. The lowest BCUT2D eigenvalue weighted by atomic mass is 9.71. The zero-order valence-corrected chi connectivity index (χ0v) is 17.2. The Kier molecular flexibility index (Phi) is 5.49. The highest BCUT2D eigenvalue weighted by Crippen LogP contribution is 2.42. The number of halogens is 1. The Balaban J connectivity index is 1.58. The Hall–Kier alpha value is -1.47. The van der Waals surface area contributed by atoms with E-state index in [1.54, 1.807) is 12.1 Å². The molecular weight excluding hydrogens is 379 g/mol. The predicted molar refractivity (Wildman–Crippen MR) is 106 cm³/mol. The van der Waals surface area contributed by atoms with E-state index in [1.807, 2.05) is 6.07 Å². The first-order chi connectivity index (χ1) is 13.3. The molecule has 154 valence electrons. The Bertz CT molecular complexity index is 844. The number of amides is 1. The number of hydrogen-bond acceptors (Lipinski definition) is 4. The molecule has 28 heavy (non-hydrogen) atoms. The van der Waals surface area contributed by atoms with Gasteiger partial charge in [0.2, 0.25) is 5.91 Å². The van der Waals surface area contributed by atoms with Crippen molar-refractivity contribution in [3.63, 3.8) is 0 Å². The normalized spacial score (nSPS) is 30.9. The molecule has 3 saturated heterocycles. The van der Waals surface area contributed by atoms with Gasteiger partial charge < -0.3 is 9.80 Å². The largest absolute Gasteiger partial charge is 0.336 e. The van der Waals surface area contributed by atoms with Crippen LogP contribution in [0, 0.1) is 17.7 Å². The molecule has 0 spiro atoms. The Morgan fingerprint density at radius 1 is 1.21 bits per heavy atom. The molecule has 3 aliphatic rings. The van der Waals surface area contributed by atoms with Crippen LogP contribution in [-0.2, 0) is 21.1 Å². The first-order valence-corrected chi connectivity index (χ1v) is 12.3. The van der Waals surface area contributed by atoms with Crippen molar-refractivity contribution >= 4 is 15.7 Å². The molecule has 1 aromatic carbocycles. The summed E-state index contributed by atoms with van der Waals surface area (Å²) >= 11 is 0. The lowest BCUT2D eigenvalue weighted by Gasteiger charge is -2.57. The number of benzene rings is 1. The Morgan fingerprint density at radius 3 is 2.75 bits per heavy atom. The molecule has 4 atom stereocenters. The van der Waals surface area contributed by atoms with E-state index in [-0.39, 0.29) is 29.6 Å². The molecule has 1 amide bonds. The van der Waals surface area contributed by atoms with Crippen LogP contribution < -0.4 is 0 Å². The van der Waals surface area contributed by atoms with Crippen LogP contribution in [0.2, 0.25) is 0 Å². The maximum absolute atomic E-state index is 13.7. The van der Waals surface area contributed by atoms with E-state index in [0.29, 0.717) is 31.2 Å². The SMILES string of the molecule is CS(=O)(=O)CCN1C[C@H]2C[C@@H](C1)[C@H](Cc1cccc(F)c1)N1C(=O)CCC[C@@H]21. The molecule has 3 aliphatic heterocycles. The van der Waals surface area contributed by atoms with Crippen LogP contribution in [0.4, 0.5) is 4.39 Å². The highest BCUT2D eigenvalue weighted by atomic mass is 32.2. The highest BCUT2D eigenvalue weighted by molar-refractivity contribution is 7.90. The van der Waals surface area contributed by atoms with Gasteiger partial charge in [0.25, 0.3) is 0 Å². The van der Waals surface area contributed by atoms with Gasteiger partial charge in [-0.05, 0) is 55.2 Å². The highest BCUT2D eigenvalue weighted by Gasteiger charge is 2.49. The van der Waals surface area contributed by atoms with E-state index in [2.05, 4.69) is 9.80 Å². The number of rotatable bonds is 5. The maximum atomic E-state index is 13.7. The van der Waals surface area contributed by atoms with Crippen LogP contribution in [0.25, 0.3) is 0 Å². The summed E-state index contributed by atoms with van der Waals surface area (Å²) < 4.78 is 36.9. The lowest BCUT2D eigenvalue weighted by Crippen LogP contribution is -2.65. The second-order valence-corrected chi connectivity index (χ2v) is 11.1. The van der Waals surface area contributed by atoms with Gasteiger partial charge in [0.05, 0.1) is 5.75 Å². The topological polar surface area (TPSA) is 57.7 Å². The van der Waals surface area contributed by atoms with Gasteiger partial charge in [0.1, 0.15) is 15.7 Å². The number of sulfone groups is 1. The number of piperidine rings is 3. The van der Waals surface area contributed by atoms with Gasteiger partial charge >= 0.3 is 0 Å². The van der Waals surface area contributed by atoms with E-state index in [1.165, 1.54) is 12.3 Å². The first-order valence-electron chi connectivity index (χ1n) is 10.3. The third-order valence-corrected chi connectivity index (χ3v) is 7.61. The van der Waals surface area contributed by atoms with Crippen molar-refractivity contribution in [2.24, 2.45) is 11.8 Å². The van der Waals surface area contributed by atoms with Crippen LogP contribution in [0.15, 0.2) is 24.3 Å². The lowest BCUT2D eigenvalue weighted by molar-refractivity contribution is -0.152. The van der Waals surface area contributed by atoms with Crippen LogP contribution in [0.5, 0.6) is 0 Å². The summed E-state index contributed by atoms with van der Waals surface area (Å²) in [5.41, 5.74) is 0.925. The smallest absolute Gasteiger partial charge is 0.223 e. The summed E-state index contributed by atoms with van der Waals surface area (Å²) in [7, 11) is -2.99. The summed E-state index contributed by atoms with van der Waals surface area (Å²) in [6.07, 6.45) is 5.57. The third-order valence-electron chi connectivity index (χ3n) is 6.68. The fourth-order valence-corrected chi connectivity index (χ4v) is 6.11. The Labute approximate surface area is 166 Å². The summed E-state index contributed by atoms with van der Waals surface area (Å²) in [5.74, 6) is 0.878. The van der Waals surface area contributed by atoms with Crippen molar-refractivity contribution in [2.75, 3.05) is 31.6 Å². The number of nitrogens with zero attached hydrogens (tertiary/aromatic N) is 2. The number of carbonyl (C=O) groups excluding carboxylic acids is 1. The average Bonchev–Trinajstić information content (AvgIpc) is 2.63. The minimum absolute atomic E-state index is 0.0666. The Morgan fingerprint density at radius 2 is 2.00 bits per heavy atom. The molecule has 0 unspecified atom stereocenters. The van der Waals surface area contributed by atoms with Gasteiger partial charge in [0, 0.05) is 44.4 Å². The quantitative estimate of drug-likeness (QED) is 0.749. The molecule has 0 N–H and O–H groups in total. The molecular formula is C21H29FN2O3S. The monoisotopic (exact) mass is 408 g/mol. The number of fused-ring (bicyclic) bond motifs is 4. The van der Waals surface area contributed by atoms with Crippen molar-refractivity contribution in [1.82, 2.24) is 9.80 Å². The number of likely N-dealkylation sites (tertiary alicyclic amines) is 1. The van der Waals surface area contributed by atoms with Crippen molar-refractivity contribution < 1.29 is 17.6 Å². The molecule has 7 heteroatoms. The second-order valence-electron chi connectivity index (χ2n) is 8.81. The van der Waals surface area contributed by atoms with Gasteiger partial charge in [0.15, 0.2) is 0 Å². The van der Waals surface area contributed by atoms with Crippen LogP contribution in [-0.4, -0.2) is 67.9 Å². The number of hydrogen-bond donors (Lipinski definition) is 0. The fraction of sp³-hybridized carbons (Fsp3) is 0.667. The minimum atomic E-state index is -2.99. The predicted octanol–water partition coefficient (Wildman–Crippen LogP) is 2.11. The molecule has 1 aromatic rings. The van der Waals surface area contributed by atoms with Crippen LogP contribution >= 0.6 is 0 Å². The number of carbonyl (C=O) groups is 1. The first kappa shape index (κ1) is 19.8. The molecule has 3 fully saturated rings. The van der Waals surface area contributed by atoms with Gasteiger partial charge in [-0.2, -0.15) is 0 Å². The van der Waals surface area contributed by atoms with Crippen molar-refractivity contribution in [3.8, 4) is 0 Å². The molecule has 0 aliphatic carbocycles. The molecule has 4 rings (SSSR count). The average molecular weight is 409 g/mol. The van der Waals surface area contributed by atoms with E-state index in [4.69, 9.17) is 0 Å².